The number of aryl methyl sites for hydroxylation is 2. The predicted molar refractivity (Wildman–Crippen MR) is 130 cm³/mol. The van der Waals surface area contributed by atoms with Crippen LogP contribution in [0.2, 0.25) is 0 Å². The Morgan fingerprint density at radius 3 is 1.83 bits per heavy atom. The maximum absolute atomic E-state index is 13.7. The van der Waals surface area contributed by atoms with Crippen molar-refractivity contribution in [2.75, 3.05) is 21.3 Å². The van der Waals surface area contributed by atoms with E-state index in [-0.39, 0.29) is 0 Å². The lowest BCUT2D eigenvalue weighted by molar-refractivity contribution is 0.262. The van der Waals surface area contributed by atoms with Crippen molar-refractivity contribution in [3.63, 3.8) is 0 Å². The second-order valence-electron chi connectivity index (χ2n) is 7.68. The number of amides is 2. The van der Waals surface area contributed by atoms with Gasteiger partial charge in [0, 0.05) is 23.1 Å². The number of urea groups is 1. The number of carbonyl (C=O) groups excluding carboxylic acids is 1. The number of aromatic nitrogens is 2. The van der Waals surface area contributed by atoms with E-state index >= 15 is 0 Å². The Labute approximate surface area is 199 Å². The van der Waals surface area contributed by atoms with Gasteiger partial charge in [0.05, 0.1) is 5.69 Å². The Balaban J connectivity index is 1.39. The lowest BCUT2D eigenvalue weighted by atomic mass is 10.2. The first kappa shape index (κ1) is 23.6. The zero-order chi connectivity index (χ0) is 24.9. The van der Waals surface area contributed by atoms with E-state index in [0.29, 0.717) is 28.8 Å². The largest absolute Gasteiger partial charge is 0.340 e. The second kappa shape index (κ2) is 10.1. The van der Waals surface area contributed by atoms with Crippen molar-refractivity contribution >= 4 is 40.4 Å². The van der Waals surface area contributed by atoms with Gasteiger partial charge in [-0.3, -0.25) is 0 Å². The van der Waals surface area contributed by atoms with Crippen LogP contribution in [0.15, 0.2) is 66.7 Å². The van der Waals surface area contributed by atoms with E-state index in [1.54, 1.807) is 37.3 Å². The average molecular weight is 478 g/mol. The molecule has 0 fully saturated rings. The summed E-state index contributed by atoms with van der Waals surface area (Å²) in [6.07, 6.45) is 0. The van der Waals surface area contributed by atoms with Gasteiger partial charge in [-0.05, 0) is 62.4 Å². The van der Waals surface area contributed by atoms with Crippen LogP contribution in [0.5, 0.6) is 0 Å². The number of rotatable bonds is 6. The molecule has 0 atom stereocenters. The van der Waals surface area contributed by atoms with Crippen molar-refractivity contribution < 1.29 is 18.0 Å². The van der Waals surface area contributed by atoms with Crippen molar-refractivity contribution in [2.24, 2.45) is 0 Å². The number of hydrogen-bond donors (Lipinski definition) is 4. The van der Waals surface area contributed by atoms with Gasteiger partial charge >= 0.3 is 6.03 Å². The van der Waals surface area contributed by atoms with Crippen molar-refractivity contribution in [2.45, 2.75) is 13.8 Å². The fraction of sp³-hybridized carbons (Fsp3) is 0.0800. The van der Waals surface area contributed by atoms with Crippen LogP contribution in [0.3, 0.4) is 0 Å². The smallest absolute Gasteiger partial charge is 0.323 e. The molecule has 0 spiro atoms. The van der Waals surface area contributed by atoms with Gasteiger partial charge in [-0.15, -0.1) is 0 Å². The first-order chi connectivity index (χ1) is 16.8. The van der Waals surface area contributed by atoms with E-state index in [0.717, 1.165) is 23.4 Å². The summed E-state index contributed by atoms with van der Waals surface area (Å²) in [6.45, 7) is 3.80. The van der Waals surface area contributed by atoms with E-state index in [9.17, 15) is 18.0 Å². The van der Waals surface area contributed by atoms with E-state index in [1.165, 1.54) is 0 Å². The summed E-state index contributed by atoms with van der Waals surface area (Å²) in [6, 6.07) is 17.2. The van der Waals surface area contributed by atoms with Crippen LogP contribution in [0, 0.1) is 31.3 Å². The third-order valence-corrected chi connectivity index (χ3v) is 4.86. The number of benzene rings is 3. The fourth-order valence-electron chi connectivity index (χ4n) is 3.17. The molecule has 0 aliphatic carbocycles. The Kier molecular flexibility index (Phi) is 6.81. The molecule has 178 valence electrons. The summed E-state index contributed by atoms with van der Waals surface area (Å²) in [5.41, 5.74) is 2.67. The lowest BCUT2D eigenvalue weighted by Gasteiger charge is -2.12. The highest BCUT2D eigenvalue weighted by atomic mass is 19.2. The van der Waals surface area contributed by atoms with Gasteiger partial charge in [-0.1, -0.05) is 17.7 Å². The van der Waals surface area contributed by atoms with Gasteiger partial charge in [0.25, 0.3) is 0 Å². The number of nitrogens with one attached hydrogen (secondary N) is 4. The van der Waals surface area contributed by atoms with Gasteiger partial charge < -0.3 is 21.3 Å². The maximum atomic E-state index is 13.7. The van der Waals surface area contributed by atoms with Crippen LogP contribution in [0.4, 0.5) is 52.4 Å². The monoisotopic (exact) mass is 478 g/mol. The van der Waals surface area contributed by atoms with Crippen LogP contribution in [0.25, 0.3) is 0 Å². The van der Waals surface area contributed by atoms with Crippen LogP contribution in [-0.4, -0.2) is 16.0 Å². The van der Waals surface area contributed by atoms with Gasteiger partial charge in [-0.2, -0.15) is 0 Å². The predicted octanol–water partition coefficient (Wildman–Crippen LogP) is 6.64. The second-order valence-corrected chi connectivity index (χ2v) is 7.68. The third kappa shape index (κ3) is 6.05. The highest BCUT2D eigenvalue weighted by Crippen LogP contribution is 2.23. The summed E-state index contributed by atoms with van der Waals surface area (Å²) in [5, 5.41) is 11.1. The SMILES string of the molecule is Cc1ccc(Nc2cc(Nc3ccc(NC(=O)Nc4ccc(F)c(F)c4F)cc3)nc(C)n2)cc1. The Hall–Kier alpha value is -4.60. The van der Waals surface area contributed by atoms with Gasteiger partial charge in [0.2, 0.25) is 0 Å². The van der Waals surface area contributed by atoms with E-state index in [4.69, 9.17) is 0 Å². The minimum absolute atomic E-state index is 0.400. The van der Waals surface area contributed by atoms with Crippen LogP contribution < -0.4 is 21.3 Å². The van der Waals surface area contributed by atoms with Gasteiger partial charge in [-0.25, -0.2) is 27.9 Å². The molecule has 0 unspecified atom stereocenters. The fourth-order valence-corrected chi connectivity index (χ4v) is 3.17. The molecule has 0 aliphatic rings. The summed E-state index contributed by atoms with van der Waals surface area (Å²) >= 11 is 0. The Morgan fingerprint density at radius 2 is 1.23 bits per heavy atom. The molecule has 0 saturated carbocycles. The molecule has 0 aliphatic heterocycles. The highest BCUT2D eigenvalue weighted by molar-refractivity contribution is 5.99. The average Bonchev–Trinajstić information content (AvgIpc) is 2.82. The van der Waals surface area contributed by atoms with Crippen LogP contribution in [-0.2, 0) is 0 Å². The summed E-state index contributed by atoms with van der Waals surface area (Å²) in [7, 11) is 0. The van der Waals surface area contributed by atoms with Crippen molar-refractivity contribution in [3.05, 3.63) is 95.6 Å². The maximum Gasteiger partial charge on any atom is 0.323 e. The molecular formula is C25H21F3N6O. The van der Waals surface area contributed by atoms with Crippen molar-refractivity contribution in [1.29, 1.82) is 0 Å². The molecule has 1 aromatic heterocycles. The number of nitrogens with zero attached hydrogens (tertiary/aromatic N) is 2. The molecule has 4 aromatic rings. The molecule has 3 aromatic carbocycles. The third-order valence-electron chi connectivity index (χ3n) is 4.86. The topological polar surface area (TPSA) is 91.0 Å². The number of carbonyl (C=O) groups is 1. The quantitative estimate of drug-likeness (QED) is 0.233. The number of anilines is 6. The first-order valence-electron chi connectivity index (χ1n) is 10.5. The first-order valence-corrected chi connectivity index (χ1v) is 10.5. The molecule has 2 amide bonds. The Bertz CT molecular complexity index is 1360. The summed E-state index contributed by atoms with van der Waals surface area (Å²) < 4.78 is 40.1. The van der Waals surface area contributed by atoms with Gasteiger partial charge in [0.1, 0.15) is 17.5 Å². The molecule has 7 nitrogen and oxygen atoms in total. The molecule has 0 radical (unpaired) electrons. The zero-order valence-electron chi connectivity index (χ0n) is 18.8. The zero-order valence-corrected chi connectivity index (χ0v) is 18.8. The summed E-state index contributed by atoms with van der Waals surface area (Å²) in [4.78, 5) is 20.9. The Morgan fingerprint density at radius 1 is 0.686 bits per heavy atom. The summed E-state index contributed by atoms with van der Waals surface area (Å²) in [5.74, 6) is -2.70. The minimum atomic E-state index is -1.66. The normalized spacial score (nSPS) is 10.5. The molecule has 0 bridgehead atoms. The molecule has 10 heteroatoms. The van der Waals surface area contributed by atoms with Crippen molar-refractivity contribution in [3.8, 4) is 0 Å². The highest BCUT2D eigenvalue weighted by Gasteiger charge is 2.15. The molecule has 35 heavy (non-hydrogen) atoms. The molecule has 4 rings (SSSR count). The molecule has 1 heterocycles. The van der Waals surface area contributed by atoms with Gasteiger partial charge in [0.15, 0.2) is 17.5 Å². The number of halogens is 3. The van der Waals surface area contributed by atoms with E-state index in [2.05, 4.69) is 31.2 Å². The lowest BCUT2D eigenvalue weighted by Crippen LogP contribution is -2.20. The standard InChI is InChI=1S/C25H21F3N6O/c1-14-3-5-16(6-4-14)31-21-13-22(30-15(2)29-21)32-17-7-9-18(10-8-17)33-25(35)34-20-12-11-19(26)23(27)24(20)28/h3-13H,1-2H3,(H2,33,34,35)(H2,29,30,31,32). The van der Waals surface area contributed by atoms with E-state index in [1.807, 2.05) is 31.2 Å². The van der Waals surface area contributed by atoms with Crippen molar-refractivity contribution in [1.82, 2.24) is 9.97 Å². The molecular weight excluding hydrogens is 457 g/mol. The van der Waals surface area contributed by atoms with Crippen LogP contribution >= 0.6 is 0 Å². The molecule has 0 saturated heterocycles. The number of hydrogen-bond acceptors (Lipinski definition) is 5. The van der Waals surface area contributed by atoms with E-state index < -0.39 is 29.2 Å². The van der Waals surface area contributed by atoms with Crippen LogP contribution in [0.1, 0.15) is 11.4 Å². The minimum Gasteiger partial charge on any atom is -0.340 e. The molecule has 4 N–H and O–H groups in total.